The average molecular weight is 422 g/mol. The third kappa shape index (κ3) is 4.24. The van der Waals surface area contributed by atoms with Crippen LogP contribution >= 0.6 is 35.4 Å². The van der Waals surface area contributed by atoms with Crippen molar-refractivity contribution in [2.24, 2.45) is 0 Å². The average Bonchev–Trinajstić information content (AvgIpc) is 3.27. The van der Waals surface area contributed by atoms with Gasteiger partial charge in [0.2, 0.25) is 12.7 Å². The van der Waals surface area contributed by atoms with E-state index >= 15 is 0 Å². The maximum absolute atomic E-state index is 6.03. The molecule has 10 heteroatoms. The number of ether oxygens (including phenoxy) is 2. The van der Waals surface area contributed by atoms with E-state index in [1.807, 2.05) is 24.3 Å². The van der Waals surface area contributed by atoms with E-state index in [1.165, 1.54) is 0 Å². The molecule has 3 aromatic rings. The van der Waals surface area contributed by atoms with Crippen LogP contribution in [0.1, 0.15) is 5.56 Å². The first-order chi connectivity index (χ1) is 13.1. The minimum atomic E-state index is 0.224. The molecule has 0 saturated heterocycles. The Morgan fingerprint density at radius 1 is 1.07 bits per heavy atom. The van der Waals surface area contributed by atoms with Gasteiger partial charge in [0.15, 0.2) is 16.6 Å². The number of halogens is 2. The van der Waals surface area contributed by atoms with Gasteiger partial charge in [-0.25, -0.2) is 9.67 Å². The molecule has 0 unspecified atom stereocenters. The lowest BCUT2D eigenvalue weighted by molar-refractivity contribution is 0.174. The van der Waals surface area contributed by atoms with Gasteiger partial charge in [-0.05, 0) is 42.0 Å². The smallest absolute Gasteiger partial charge is 0.248 e. The molecule has 138 valence electrons. The van der Waals surface area contributed by atoms with E-state index in [9.17, 15) is 0 Å². The van der Waals surface area contributed by atoms with Crippen LogP contribution in [0, 0.1) is 0 Å². The summed E-state index contributed by atoms with van der Waals surface area (Å²) < 4.78 is 12.3. The zero-order chi connectivity index (χ0) is 18.8. The van der Waals surface area contributed by atoms with Gasteiger partial charge < -0.3 is 14.8 Å². The summed E-state index contributed by atoms with van der Waals surface area (Å²) in [5.74, 6) is 1.77. The Bertz CT molecular complexity index is 1010. The van der Waals surface area contributed by atoms with Crippen molar-refractivity contribution >= 4 is 52.2 Å². The molecule has 1 aromatic heterocycles. The van der Waals surface area contributed by atoms with Crippen LogP contribution in [0.4, 0.5) is 11.6 Å². The molecule has 0 saturated carbocycles. The molecule has 2 N–H and O–H groups in total. The third-order valence-electron chi connectivity index (χ3n) is 3.72. The number of aromatic nitrogens is 3. The van der Waals surface area contributed by atoms with E-state index in [4.69, 9.17) is 44.9 Å². The van der Waals surface area contributed by atoms with Gasteiger partial charge in [-0.1, -0.05) is 29.3 Å². The number of thiocarbonyl (C=S) groups is 1. The van der Waals surface area contributed by atoms with Crippen LogP contribution in [0.2, 0.25) is 10.0 Å². The molecular formula is C17H13Cl2N5O2S. The largest absolute Gasteiger partial charge is 0.454 e. The molecule has 2 heterocycles. The molecule has 2 aromatic carbocycles. The molecule has 1 aliphatic heterocycles. The van der Waals surface area contributed by atoms with Crippen LogP contribution in [-0.2, 0) is 6.54 Å². The van der Waals surface area contributed by atoms with Crippen molar-refractivity contribution in [2.45, 2.75) is 6.54 Å². The SMILES string of the molecule is S=C(Nc1ccc2c(c1)OCO2)Nc1ncn(Cc2ccc(Cl)c(Cl)c2)n1. The Morgan fingerprint density at radius 3 is 2.78 bits per heavy atom. The summed E-state index contributed by atoms with van der Waals surface area (Å²) in [5, 5.41) is 11.7. The molecular weight excluding hydrogens is 409 g/mol. The Balaban J connectivity index is 1.37. The molecule has 0 radical (unpaired) electrons. The highest BCUT2D eigenvalue weighted by Crippen LogP contribution is 2.34. The second kappa shape index (κ2) is 7.59. The standard InChI is InChI=1S/C17H13Cl2N5O2S/c18-12-3-1-10(5-13(12)19)7-24-8-20-16(23-24)22-17(27)21-11-2-4-14-15(6-11)26-9-25-14/h1-6,8H,7,9H2,(H2,21,22,23,27). The second-order valence-corrected chi connectivity index (χ2v) is 6.88. The molecule has 0 aliphatic carbocycles. The maximum atomic E-state index is 6.03. The zero-order valence-electron chi connectivity index (χ0n) is 13.8. The normalized spacial score (nSPS) is 12.1. The maximum Gasteiger partial charge on any atom is 0.248 e. The fourth-order valence-corrected chi connectivity index (χ4v) is 3.02. The van der Waals surface area contributed by atoms with E-state index in [1.54, 1.807) is 23.1 Å². The number of fused-ring (bicyclic) bond motifs is 1. The van der Waals surface area contributed by atoms with Gasteiger partial charge in [-0.3, -0.25) is 5.32 Å². The van der Waals surface area contributed by atoms with Crippen molar-refractivity contribution in [3.8, 4) is 11.5 Å². The van der Waals surface area contributed by atoms with Crippen LogP contribution < -0.4 is 20.1 Å². The molecule has 0 amide bonds. The van der Waals surface area contributed by atoms with E-state index in [0.717, 1.165) is 11.3 Å². The highest BCUT2D eigenvalue weighted by Gasteiger charge is 2.14. The molecule has 0 fully saturated rings. The lowest BCUT2D eigenvalue weighted by atomic mass is 10.2. The Hall–Kier alpha value is -2.55. The van der Waals surface area contributed by atoms with Gasteiger partial charge in [0.05, 0.1) is 16.6 Å². The molecule has 1 aliphatic rings. The van der Waals surface area contributed by atoms with Gasteiger partial charge in [0.25, 0.3) is 0 Å². The molecule has 7 nitrogen and oxygen atoms in total. The predicted molar refractivity (Wildman–Crippen MR) is 108 cm³/mol. The Morgan fingerprint density at radius 2 is 1.93 bits per heavy atom. The summed E-state index contributed by atoms with van der Waals surface area (Å²) in [4.78, 5) is 4.20. The fourth-order valence-electron chi connectivity index (χ4n) is 2.49. The first kappa shape index (κ1) is 17.8. The van der Waals surface area contributed by atoms with Gasteiger partial charge in [-0.2, -0.15) is 0 Å². The molecule has 0 atom stereocenters. The lowest BCUT2D eigenvalue weighted by Crippen LogP contribution is -2.20. The van der Waals surface area contributed by atoms with E-state index < -0.39 is 0 Å². The summed E-state index contributed by atoms with van der Waals surface area (Å²) >= 11 is 17.3. The van der Waals surface area contributed by atoms with Gasteiger partial charge >= 0.3 is 0 Å². The van der Waals surface area contributed by atoms with Crippen LogP contribution in [0.3, 0.4) is 0 Å². The van der Waals surface area contributed by atoms with Crippen LogP contribution in [0.5, 0.6) is 11.5 Å². The monoisotopic (exact) mass is 421 g/mol. The van der Waals surface area contributed by atoms with E-state index in [-0.39, 0.29) is 6.79 Å². The number of nitrogens with zero attached hydrogens (tertiary/aromatic N) is 3. The van der Waals surface area contributed by atoms with Gasteiger partial charge in [-0.15, -0.1) is 5.10 Å². The minimum Gasteiger partial charge on any atom is -0.454 e. The summed E-state index contributed by atoms with van der Waals surface area (Å²) in [5.41, 5.74) is 1.73. The van der Waals surface area contributed by atoms with Crippen molar-refractivity contribution < 1.29 is 9.47 Å². The summed E-state index contributed by atoms with van der Waals surface area (Å²) in [6, 6.07) is 10.9. The van der Waals surface area contributed by atoms with Crippen LogP contribution in [-0.4, -0.2) is 26.7 Å². The summed E-state index contributed by atoms with van der Waals surface area (Å²) in [6.45, 7) is 0.732. The topological polar surface area (TPSA) is 73.2 Å². The number of anilines is 2. The number of hydrogen-bond acceptors (Lipinski definition) is 5. The zero-order valence-corrected chi connectivity index (χ0v) is 16.1. The first-order valence-electron chi connectivity index (χ1n) is 7.88. The molecule has 0 spiro atoms. The minimum absolute atomic E-state index is 0.224. The number of benzene rings is 2. The summed E-state index contributed by atoms with van der Waals surface area (Å²) in [6.07, 6.45) is 1.61. The van der Waals surface area contributed by atoms with Gasteiger partial charge in [0, 0.05) is 11.8 Å². The number of rotatable bonds is 4. The molecule has 4 rings (SSSR count). The third-order valence-corrected chi connectivity index (χ3v) is 4.66. The highest BCUT2D eigenvalue weighted by molar-refractivity contribution is 7.80. The van der Waals surface area contributed by atoms with Crippen LogP contribution in [0.15, 0.2) is 42.7 Å². The van der Waals surface area contributed by atoms with Crippen molar-refractivity contribution in [2.75, 3.05) is 17.4 Å². The molecule has 27 heavy (non-hydrogen) atoms. The predicted octanol–water partition coefficient (Wildman–Crippen LogP) is 4.17. The second-order valence-electron chi connectivity index (χ2n) is 5.66. The number of nitrogens with one attached hydrogen (secondary N) is 2. The van der Waals surface area contributed by atoms with Crippen molar-refractivity contribution in [1.82, 2.24) is 14.8 Å². The Kier molecular flexibility index (Phi) is 5.02. The van der Waals surface area contributed by atoms with Crippen molar-refractivity contribution in [3.05, 3.63) is 58.3 Å². The summed E-state index contributed by atoms with van der Waals surface area (Å²) in [7, 11) is 0. The first-order valence-corrected chi connectivity index (χ1v) is 9.04. The quantitative estimate of drug-likeness (QED) is 0.612. The van der Waals surface area contributed by atoms with Gasteiger partial charge in [0.1, 0.15) is 6.33 Å². The van der Waals surface area contributed by atoms with Crippen LogP contribution in [0.25, 0.3) is 0 Å². The highest BCUT2D eigenvalue weighted by atomic mass is 35.5. The fraction of sp³-hybridized carbons (Fsp3) is 0.118. The Labute approximate surface area is 170 Å². The van der Waals surface area contributed by atoms with Crippen molar-refractivity contribution in [1.29, 1.82) is 0 Å². The molecule has 0 bridgehead atoms. The van der Waals surface area contributed by atoms with E-state index in [0.29, 0.717) is 39.1 Å². The number of hydrogen-bond donors (Lipinski definition) is 2. The lowest BCUT2D eigenvalue weighted by Gasteiger charge is -2.08. The van der Waals surface area contributed by atoms with Crippen molar-refractivity contribution in [3.63, 3.8) is 0 Å². The van der Waals surface area contributed by atoms with E-state index in [2.05, 4.69) is 20.7 Å².